The first kappa shape index (κ1) is 23.9. The molecule has 5 rings (SSSR count). The summed E-state index contributed by atoms with van der Waals surface area (Å²) in [6, 6.07) is 21.1. The Bertz CT molecular complexity index is 1310. The lowest BCUT2D eigenvalue weighted by Gasteiger charge is -2.32. The number of aromatic nitrogens is 2. The zero-order valence-corrected chi connectivity index (χ0v) is 20.4. The number of aromatic amines is 1. The number of aromatic carboxylic acids is 1. The molecule has 0 atom stereocenters. The van der Waals surface area contributed by atoms with Crippen molar-refractivity contribution in [2.24, 2.45) is 5.92 Å². The minimum absolute atomic E-state index is 0.240. The van der Waals surface area contributed by atoms with E-state index in [1.54, 1.807) is 25.3 Å². The molecule has 1 aromatic heterocycles. The van der Waals surface area contributed by atoms with Crippen LogP contribution in [0.5, 0.6) is 11.5 Å². The van der Waals surface area contributed by atoms with Gasteiger partial charge in [-0.05, 0) is 98.4 Å². The maximum absolute atomic E-state index is 11.2. The Morgan fingerprint density at radius 3 is 2.44 bits per heavy atom. The van der Waals surface area contributed by atoms with Crippen molar-refractivity contribution in [3.63, 3.8) is 0 Å². The summed E-state index contributed by atoms with van der Waals surface area (Å²) in [5.41, 5.74) is 3.95. The van der Waals surface area contributed by atoms with Crippen molar-refractivity contribution in [2.45, 2.75) is 25.8 Å². The second kappa shape index (κ2) is 10.8. The van der Waals surface area contributed by atoms with Gasteiger partial charge in [-0.15, -0.1) is 0 Å². The number of rotatable bonds is 9. The Morgan fingerprint density at radius 2 is 1.75 bits per heavy atom. The van der Waals surface area contributed by atoms with Crippen LogP contribution in [0.4, 0.5) is 0 Å². The Kier molecular flexibility index (Phi) is 7.18. The highest BCUT2D eigenvalue weighted by Gasteiger charge is 2.19. The molecule has 36 heavy (non-hydrogen) atoms. The van der Waals surface area contributed by atoms with E-state index in [4.69, 9.17) is 9.47 Å². The molecule has 186 valence electrons. The molecule has 1 aliphatic heterocycles. The van der Waals surface area contributed by atoms with Crippen LogP contribution < -0.4 is 9.47 Å². The van der Waals surface area contributed by atoms with E-state index < -0.39 is 5.97 Å². The lowest BCUT2D eigenvalue weighted by molar-refractivity contribution is 0.0697. The van der Waals surface area contributed by atoms with Crippen molar-refractivity contribution in [1.29, 1.82) is 0 Å². The van der Waals surface area contributed by atoms with Gasteiger partial charge in [-0.1, -0.05) is 12.1 Å². The smallest absolute Gasteiger partial charge is 0.335 e. The monoisotopic (exact) mass is 485 g/mol. The van der Waals surface area contributed by atoms with Gasteiger partial charge in [0.15, 0.2) is 0 Å². The largest absolute Gasteiger partial charge is 0.497 e. The summed E-state index contributed by atoms with van der Waals surface area (Å²) >= 11 is 0. The maximum atomic E-state index is 11.2. The van der Waals surface area contributed by atoms with Crippen LogP contribution in [0.3, 0.4) is 0 Å². The van der Waals surface area contributed by atoms with Crippen molar-refractivity contribution >= 4 is 17.0 Å². The number of piperidine rings is 1. The number of imidazole rings is 1. The Labute approximate surface area is 210 Å². The van der Waals surface area contributed by atoms with Gasteiger partial charge in [0.25, 0.3) is 0 Å². The first-order valence-electron chi connectivity index (χ1n) is 12.4. The number of carbonyl (C=O) groups is 1. The average molecular weight is 486 g/mol. The second-order valence-electron chi connectivity index (χ2n) is 9.35. The molecule has 0 amide bonds. The van der Waals surface area contributed by atoms with E-state index in [1.165, 1.54) is 18.4 Å². The molecule has 0 bridgehead atoms. The van der Waals surface area contributed by atoms with Crippen LogP contribution in [-0.2, 0) is 6.54 Å². The molecular formula is C29H31N3O4. The fourth-order valence-corrected chi connectivity index (χ4v) is 4.75. The zero-order chi connectivity index (χ0) is 24.9. The molecule has 7 nitrogen and oxygen atoms in total. The lowest BCUT2D eigenvalue weighted by atomic mass is 9.93. The van der Waals surface area contributed by atoms with Gasteiger partial charge in [-0.2, -0.15) is 0 Å². The lowest BCUT2D eigenvalue weighted by Crippen LogP contribution is -2.33. The topological polar surface area (TPSA) is 87.7 Å². The quantitative estimate of drug-likeness (QED) is 0.320. The molecule has 7 heteroatoms. The highest BCUT2D eigenvalue weighted by Crippen LogP contribution is 2.25. The SMILES string of the molecule is COc1ccc(CN2CCC(CCOc3ccc(-c4nc5ccc(C(=O)O)cc5[nH]4)cc3)CC2)cc1. The molecule has 1 fully saturated rings. The van der Waals surface area contributed by atoms with Gasteiger partial charge in [0.05, 0.1) is 30.3 Å². The fraction of sp³-hybridized carbons (Fsp3) is 0.310. The first-order chi connectivity index (χ1) is 17.6. The molecule has 2 N–H and O–H groups in total. The highest BCUT2D eigenvalue weighted by atomic mass is 16.5. The van der Waals surface area contributed by atoms with Crippen LogP contribution in [0, 0.1) is 5.92 Å². The Morgan fingerprint density at radius 1 is 1.03 bits per heavy atom. The fourth-order valence-electron chi connectivity index (χ4n) is 4.75. The summed E-state index contributed by atoms with van der Waals surface area (Å²) in [6.07, 6.45) is 3.47. The summed E-state index contributed by atoms with van der Waals surface area (Å²) in [5.74, 6) is 2.20. The third-order valence-electron chi connectivity index (χ3n) is 6.92. The van der Waals surface area contributed by atoms with Gasteiger partial charge >= 0.3 is 5.97 Å². The number of benzene rings is 3. The number of hydrogen-bond donors (Lipinski definition) is 2. The van der Waals surface area contributed by atoms with Crippen LogP contribution in [0.25, 0.3) is 22.4 Å². The predicted octanol–water partition coefficient (Wildman–Crippen LogP) is 5.62. The van der Waals surface area contributed by atoms with Gasteiger partial charge < -0.3 is 19.6 Å². The third kappa shape index (κ3) is 5.69. The Balaban J connectivity index is 1.07. The summed E-state index contributed by atoms with van der Waals surface area (Å²) in [6.45, 7) is 3.95. The summed E-state index contributed by atoms with van der Waals surface area (Å²) in [5, 5.41) is 9.18. The van der Waals surface area contributed by atoms with Crippen molar-refractivity contribution in [3.8, 4) is 22.9 Å². The molecule has 1 aliphatic rings. The van der Waals surface area contributed by atoms with Gasteiger partial charge in [0, 0.05) is 12.1 Å². The number of H-pyrrole nitrogens is 1. The van der Waals surface area contributed by atoms with E-state index in [9.17, 15) is 9.90 Å². The number of carboxylic acid groups (broad SMARTS) is 1. The standard InChI is InChI=1S/C29H31N3O4/c1-35-24-7-2-21(3-8-24)19-32-15-12-20(13-16-32)14-17-36-25-9-4-22(5-10-25)28-30-26-11-6-23(29(33)34)18-27(26)31-28/h2-11,18,20H,12-17,19H2,1H3,(H,30,31)(H,33,34). The van der Waals surface area contributed by atoms with Crippen molar-refractivity contribution in [3.05, 3.63) is 77.9 Å². The molecule has 0 spiro atoms. The van der Waals surface area contributed by atoms with Crippen LogP contribution >= 0.6 is 0 Å². The minimum Gasteiger partial charge on any atom is -0.497 e. The predicted molar refractivity (Wildman–Crippen MR) is 140 cm³/mol. The van der Waals surface area contributed by atoms with Crippen molar-refractivity contribution in [2.75, 3.05) is 26.8 Å². The van der Waals surface area contributed by atoms with Crippen molar-refractivity contribution in [1.82, 2.24) is 14.9 Å². The second-order valence-corrected chi connectivity index (χ2v) is 9.35. The van der Waals surface area contributed by atoms with Crippen LogP contribution in [0.2, 0.25) is 0 Å². The van der Waals surface area contributed by atoms with Gasteiger partial charge in [0.2, 0.25) is 0 Å². The molecule has 0 aliphatic carbocycles. The van der Waals surface area contributed by atoms with E-state index in [-0.39, 0.29) is 5.56 Å². The molecular weight excluding hydrogens is 454 g/mol. The summed E-state index contributed by atoms with van der Waals surface area (Å²) < 4.78 is 11.3. The van der Waals surface area contributed by atoms with Crippen LogP contribution in [0.15, 0.2) is 66.7 Å². The van der Waals surface area contributed by atoms with Crippen LogP contribution in [0.1, 0.15) is 35.2 Å². The van der Waals surface area contributed by atoms with Gasteiger partial charge in [-0.3, -0.25) is 4.90 Å². The van der Waals surface area contributed by atoms with Gasteiger partial charge in [0.1, 0.15) is 17.3 Å². The highest BCUT2D eigenvalue weighted by molar-refractivity contribution is 5.93. The molecule has 1 saturated heterocycles. The number of fused-ring (bicyclic) bond motifs is 1. The normalized spacial score (nSPS) is 14.7. The molecule has 0 unspecified atom stereocenters. The van der Waals surface area contributed by atoms with E-state index in [1.807, 2.05) is 36.4 Å². The third-order valence-corrected chi connectivity index (χ3v) is 6.92. The van der Waals surface area contributed by atoms with E-state index >= 15 is 0 Å². The van der Waals surface area contributed by atoms with Crippen molar-refractivity contribution < 1.29 is 19.4 Å². The average Bonchev–Trinajstić information content (AvgIpc) is 3.34. The van der Waals surface area contributed by atoms with E-state index in [0.717, 1.165) is 48.6 Å². The number of methoxy groups -OCH3 is 1. The molecule has 3 aromatic carbocycles. The van der Waals surface area contributed by atoms with E-state index in [2.05, 4.69) is 27.0 Å². The number of nitrogens with zero attached hydrogens (tertiary/aromatic N) is 2. The minimum atomic E-state index is -0.950. The summed E-state index contributed by atoms with van der Waals surface area (Å²) in [4.78, 5) is 21.5. The molecule has 2 heterocycles. The molecule has 0 radical (unpaired) electrons. The zero-order valence-electron chi connectivity index (χ0n) is 20.4. The van der Waals surface area contributed by atoms with E-state index in [0.29, 0.717) is 23.9 Å². The molecule has 4 aromatic rings. The van der Waals surface area contributed by atoms with Crippen LogP contribution in [-0.4, -0.2) is 52.7 Å². The maximum Gasteiger partial charge on any atom is 0.335 e. The number of hydrogen-bond acceptors (Lipinski definition) is 5. The number of carboxylic acids is 1. The Hall–Kier alpha value is -3.84. The number of nitrogens with one attached hydrogen (secondary N) is 1. The van der Waals surface area contributed by atoms with Gasteiger partial charge in [-0.25, -0.2) is 9.78 Å². The summed E-state index contributed by atoms with van der Waals surface area (Å²) in [7, 11) is 1.70. The molecule has 0 saturated carbocycles. The first-order valence-corrected chi connectivity index (χ1v) is 12.4. The number of likely N-dealkylation sites (tertiary alicyclic amines) is 1. The number of ether oxygens (including phenoxy) is 2.